The molecule has 3 aromatic rings. The molecule has 0 saturated heterocycles. The number of carbonyl (C=O) groups excluding carboxylic acids is 2. The fourth-order valence-corrected chi connectivity index (χ4v) is 2.70. The van der Waals surface area contributed by atoms with Crippen molar-refractivity contribution in [1.82, 2.24) is 5.32 Å². The average molecular weight is 384 g/mol. The van der Waals surface area contributed by atoms with Crippen molar-refractivity contribution in [2.75, 3.05) is 19.8 Å². The van der Waals surface area contributed by atoms with E-state index in [9.17, 15) is 9.59 Å². The normalized spacial score (nSPS) is 10.4. The van der Waals surface area contributed by atoms with Crippen molar-refractivity contribution >= 4 is 34.2 Å². The van der Waals surface area contributed by atoms with Gasteiger partial charge in [-0.2, -0.15) is 0 Å². The van der Waals surface area contributed by atoms with Gasteiger partial charge in [-0.15, -0.1) is 0 Å². The highest BCUT2D eigenvalue weighted by Crippen LogP contribution is 2.22. The molecule has 0 radical (unpaired) electrons. The van der Waals surface area contributed by atoms with Gasteiger partial charge in [0.05, 0.1) is 5.02 Å². The van der Waals surface area contributed by atoms with E-state index in [1.165, 1.54) is 0 Å². The van der Waals surface area contributed by atoms with Crippen LogP contribution in [0.1, 0.15) is 10.4 Å². The summed E-state index contributed by atoms with van der Waals surface area (Å²) < 4.78 is 10.5. The zero-order valence-corrected chi connectivity index (χ0v) is 15.2. The molecule has 3 aromatic carbocycles. The zero-order chi connectivity index (χ0) is 19.1. The van der Waals surface area contributed by atoms with Crippen LogP contribution >= 0.6 is 11.6 Å². The van der Waals surface area contributed by atoms with Gasteiger partial charge in [0, 0.05) is 5.56 Å². The molecule has 138 valence electrons. The molecule has 0 aromatic heterocycles. The predicted octanol–water partition coefficient (Wildman–Crippen LogP) is 3.85. The second-order valence-corrected chi connectivity index (χ2v) is 6.15. The summed E-state index contributed by atoms with van der Waals surface area (Å²) in [6.45, 7) is 0.0295. The van der Waals surface area contributed by atoms with Crippen LogP contribution in [0.3, 0.4) is 0 Å². The molecule has 0 bridgehead atoms. The Morgan fingerprint density at radius 3 is 2.44 bits per heavy atom. The molecule has 0 atom stereocenters. The minimum Gasteiger partial charge on any atom is -0.488 e. The number of hydrogen-bond donors (Lipinski definition) is 1. The highest BCUT2D eigenvalue weighted by Gasteiger charge is 2.10. The van der Waals surface area contributed by atoms with Gasteiger partial charge < -0.3 is 14.8 Å². The van der Waals surface area contributed by atoms with E-state index in [4.69, 9.17) is 21.1 Å². The smallest absolute Gasteiger partial charge is 0.325 e. The van der Waals surface area contributed by atoms with Gasteiger partial charge in [-0.3, -0.25) is 9.59 Å². The molecule has 3 rings (SSSR count). The van der Waals surface area contributed by atoms with E-state index in [2.05, 4.69) is 5.32 Å². The number of amides is 1. The number of hydrogen-bond acceptors (Lipinski definition) is 4. The van der Waals surface area contributed by atoms with Crippen molar-refractivity contribution in [2.45, 2.75) is 0 Å². The van der Waals surface area contributed by atoms with Crippen molar-refractivity contribution in [2.24, 2.45) is 0 Å². The highest BCUT2D eigenvalue weighted by molar-refractivity contribution is 6.32. The molecule has 0 saturated carbocycles. The topological polar surface area (TPSA) is 64.6 Å². The molecule has 0 aliphatic heterocycles. The van der Waals surface area contributed by atoms with Gasteiger partial charge in [0.15, 0.2) is 0 Å². The average Bonchev–Trinajstić information content (AvgIpc) is 2.70. The van der Waals surface area contributed by atoms with Crippen molar-refractivity contribution in [3.8, 4) is 5.75 Å². The first kappa shape index (κ1) is 18.7. The Morgan fingerprint density at radius 2 is 1.63 bits per heavy atom. The second kappa shape index (κ2) is 9.05. The van der Waals surface area contributed by atoms with E-state index in [1.54, 1.807) is 36.4 Å². The number of ether oxygens (including phenoxy) is 2. The standard InChI is InChI=1S/C21H18ClNO4/c22-18-7-3-4-8-19(18)26-11-12-27-20(24)14-23-21(25)17-10-9-15-5-1-2-6-16(15)13-17/h1-10,13H,11-12,14H2,(H,23,25). The number of carbonyl (C=O) groups is 2. The summed E-state index contributed by atoms with van der Waals surface area (Å²) >= 11 is 5.96. The number of rotatable bonds is 7. The molecule has 1 N–H and O–H groups in total. The summed E-state index contributed by atoms with van der Waals surface area (Å²) in [5.41, 5.74) is 0.489. The molecule has 0 heterocycles. The predicted molar refractivity (Wildman–Crippen MR) is 104 cm³/mol. The van der Waals surface area contributed by atoms with Gasteiger partial charge in [0.1, 0.15) is 25.5 Å². The second-order valence-electron chi connectivity index (χ2n) is 5.74. The first-order valence-corrected chi connectivity index (χ1v) is 8.81. The van der Waals surface area contributed by atoms with Crippen LogP contribution in [-0.2, 0) is 9.53 Å². The van der Waals surface area contributed by atoms with Crippen molar-refractivity contribution in [3.63, 3.8) is 0 Å². The van der Waals surface area contributed by atoms with E-state index >= 15 is 0 Å². The molecule has 6 heteroatoms. The van der Waals surface area contributed by atoms with Crippen molar-refractivity contribution in [3.05, 3.63) is 77.3 Å². The number of esters is 1. The maximum Gasteiger partial charge on any atom is 0.325 e. The molecule has 27 heavy (non-hydrogen) atoms. The summed E-state index contributed by atoms with van der Waals surface area (Å²) in [6, 6.07) is 20.2. The summed E-state index contributed by atoms with van der Waals surface area (Å²) in [6.07, 6.45) is 0. The molecular formula is C21H18ClNO4. The lowest BCUT2D eigenvalue weighted by atomic mass is 10.1. The minimum absolute atomic E-state index is 0.0654. The minimum atomic E-state index is -0.535. The number of fused-ring (bicyclic) bond motifs is 1. The molecule has 0 aliphatic carbocycles. The first-order chi connectivity index (χ1) is 13.1. The highest BCUT2D eigenvalue weighted by atomic mass is 35.5. The fourth-order valence-electron chi connectivity index (χ4n) is 2.51. The van der Waals surface area contributed by atoms with Gasteiger partial charge in [-0.05, 0) is 35.0 Å². The Balaban J connectivity index is 1.41. The molecule has 0 aliphatic rings. The van der Waals surface area contributed by atoms with Gasteiger partial charge in [-0.1, -0.05) is 54.1 Å². The van der Waals surface area contributed by atoms with Crippen LogP contribution in [0, 0.1) is 0 Å². The van der Waals surface area contributed by atoms with Gasteiger partial charge in [0.25, 0.3) is 5.91 Å². The Morgan fingerprint density at radius 1 is 0.889 bits per heavy atom. The number of benzene rings is 3. The lowest BCUT2D eigenvalue weighted by Gasteiger charge is -2.09. The molecule has 1 amide bonds. The third kappa shape index (κ3) is 5.21. The molecular weight excluding hydrogens is 366 g/mol. The third-order valence-electron chi connectivity index (χ3n) is 3.85. The van der Waals surface area contributed by atoms with Crippen LogP contribution < -0.4 is 10.1 Å². The van der Waals surface area contributed by atoms with Crippen LogP contribution in [0.2, 0.25) is 5.02 Å². The van der Waals surface area contributed by atoms with E-state index in [0.717, 1.165) is 10.8 Å². The van der Waals surface area contributed by atoms with Crippen LogP contribution in [0.15, 0.2) is 66.7 Å². The Labute approximate surface area is 161 Å². The summed E-state index contributed by atoms with van der Waals surface area (Å²) in [7, 11) is 0. The van der Waals surface area contributed by atoms with Crippen LogP contribution in [-0.4, -0.2) is 31.6 Å². The Hall–Kier alpha value is -3.05. The number of para-hydroxylation sites is 1. The van der Waals surface area contributed by atoms with E-state index < -0.39 is 5.97 Å². The number of halogens is 1. The maximum atomic E-state index is 12.2. The van der Waals surface area contributed by atoms with Crippen LogP contribution in [0.4, 0.5) is 0 Å². The summed E-state index contributed by atoms with van der Waals surface area (Å²) in [5.74, 6) is -0.336. The molecule has 5 nitrogen and oxygen atoms in total. The fraction of sp³-hybridized carbons (Fsp3) is 0.143. The quantitative estimate of drug-likeness (QED) is 0.497. The van der Waals surface area contributed by atoms with Gasteiger partial charge in [-0.25, -0.2) is 0 Å². The molecule has 0 spiro atoms. The maximum absolute atomic E-state index is 12.2. The van der Waals surface area contributed by atoms with Crippen LogP contribution in [0.25, 0.3) is 10.8 Å². The number of nitrogens with one attached hydrogen (secondary N) is 1. The van der Waals surface area contributed by atoms with Gasteiger partial charge in [0.2, 0.25) is 0 Å². The molecule has 0 fully saturated rings. The zero-order valence-electron chi connectivity index (χ0n) is 14.5. The van der Waals surface area contributed by atoms with E-state index in [-0.39, 0.29) is 25.7 Å². The first-order valence-electron chi connectivity index (χ1n) is 8.43. The van der Waals surface area contributed by atoms with Crippen molar-refractivity contribution < 1.29 is 19.1 Å². The van der Waals surface area contributed by atoms with Crippen LogP contribution in [0.5, 0.6) is 5.75 Å². The molecule has 0 unspecified atom stereocenters. The summed E-state index contributed by atoms with van der Waals surface area (Å²) in [4.78, 5) is 23.9. The van der Waals surface area contributed by atoms with Crippen molar-refractivity contribution in [1.29, 1.82) is 0 Å². The summed E-state index contributed by atoms with van der Waals surface area (Å²) in [5, 5.41) is 5.06. The third-order valence-corrected chi connectivity index (χ3v) is 4.16. The monoisotopic (exact) mass is 383 g/mol. The van der Waals surface area contributed by atoms with E-state index in [1.807, 2.05) is 30.3 Å². The largest absolute Gasteiger partial charge is 0.488 e. The Bertz CT molecular complexity index is 958. The SMILES string of the molecule is O=C(CNC(=O)c1ccc2ccccc2c1)OCCOc1ccccc1Cl. The Kier molecular flexibility index (Phi) is 6.28. The lowest BCUT2D eigenvalue weighted by molar-refractivity contribution is -0.143. The van der Waals surface area contributed by atoms with E-state index in [0.29, 0.717) is 16.3 Å². The lowest BCUT2D eigenvalue weighted by Crippen LogP contribution is -2.31. The van der Waals surface area contributed by atoms with Gasteiger partial charge >= 0.3 is 5.97 Å².